The van der Waals surface area contributed by atoms with Gasteiger partial charge in [0.05, 0.1) is 11.3 Å². The third-order valence-electron chi connectivity index (χ3n) is 2.30. The number of rotatable bonds is 1. The first-order chi connectivity index (χ1) is 7.24. The smallest absolute Gasteiger partial charge is 0.275 e. The predicted octanol–water partition coefficient (Wildman–Crippen LogP) is 1.68. The van der Waals surface area contributed by atoms with E-state index in [2.05, 4.69) is 5.32 Å². The number of hydrazine groups is 1. The first-order valence-corrected chi connectivity index (χ1v) is 4.89. The molecule has 0 spiro atoms. The molecule has 0 fully saturated rings. The summed E-state index contributed by atoms with van der Waals surface area (Å²) in [5.41, 5.74) is 1.41. The van der Waals surface area contributed by atoms with Gasteiger partial charge in [0.25, 0.3) is 5.91 Å². The van der Waals surface area contributed by atoms with Crippen LogP contribution in [0.1, 0.15) is 23.7 Å². The Balaban J connectivity index is 2.46. The number of fused-ring (bicyclic) bond motifs is 1. The van der Waals surface area contributed by atoms with Gasteiger partial charge in [-0.15, -0.1) is 0 Å². The summed E-state index contributed by atoms with van der Waals surface area (Å²) in [5, 5.41) is 4.26. The van der Waals surface area contributed by atoms with Gasteiger partial charge in [-0.2, -0.15) is 0 Å². The molecule has 0 aromatic heterocycles. The van der Waals surface area contributed by atoms with Crippen molar-refractivity contribution in [2.24, 2.45) is 5.84 Å². The first kappa shape index (κ1) is 9.73. The van der Waals surface area contributed by atoms with Gasteiger partial charge < -0.3 is 5.32 Å². The number of anilines is 1. The molecule has 0 saturated heterocycles. The molecule has 1 aliphatic rings. The van der Waals surface area contributed by atoms with Crippen LogP contribution >= 0.6 is 0 Å². The molecule has 0 radical (unpaired) electrons. The largest absolute Gasteiger partial charge is 0.340 e. The lowest BCUT2D eigenvalue weighted by Crippen LogP contribution is -2.42. The molecular formula is C11H13N3O. The van der Waals surface area contributed by atoms with Crippen LogP contribution in [0.25, 0.3) is 0 Å². The van der Waals surface area contributed by atoms with Crippen LogP contribution in [0, 0.1) is 0 Å². The molecular weight excluding hydrogens is 190 g/mol. The van der Waals surface area contributed by atoms with Crippen LogP contribution in [0.3, 0.4) is 0 Å². The zero-order chi connectivity index (χ0) is 10.8. The highest BCUT2D eigenvalue weighted by Crippen LogP contribution is 2.24. The van der Waals surface area contributed by atoms with Gasteiger partial charge in [0.2, 0.25) is 0 Å². The van der Waals surface area contributed by atoms with Gasteiger partial charge in [-0.3, -0.25) is 4.79 Å². The van der Waals surface area contributed by atoms with E-state index in [0.29, 0.717) is 11.4 Å². The molecule has 1 aliphatic heterocycles. The molecule has 1 heterocycles. The van der Waals surface area contributed by atoms with Gasteiger partial charge in [0, 0.05) is 0 Å². The van der Waals surface area contributed by atoms with E-state index in [4.69, 9.17) is 5.84 Å². The zero-order valence-corrected chi connectivity index (χ0v) is 8.53. The quantitative estimate of drug-likeness (QED) is 0.539. The van der Waals surface area contributed by atoms with Crippen molar-refractivity contribution < 1.29 is 4.79 Å². The second kappa shape index (κ2) is 3.74. The standard InChI is InChI=1S/C11H13N3O/c1-2-5-10-13-9-7-4-3-6-8(9)11(15)14(10)12/h3-7,13H,2,12H2,1H3. The Hall–Kier alpha value is -1.81. The fourth-order valence-electron chi connectivity index (χ4n) is 1.56. The molecule has 4 nitrogen and oxygen atoms in total. The van der Waals surface area contributed by atoms with Crippen molar-refractivity contribution in [3.8, 4) is 0 Å². The normalized spacial score (nSPS) is 17.6. The Bertz CT molecular complexity index is 426. The summed E-state index contributed by atoms with van der Waals surface area (Å²) in [4.78, 5) is 11.8. The number of allylic oxidation sites excluding steroid dienone is 1. The summed E-state index contributed by atoms with van der Waals surface area (Å²) in [6, 6.07) is 7.33. The van der Waals surface area contributed by atoms with Gasteiger partial charge in [-0.1, -0.05) is 19.1 Å². The van der Waals surface area contributed by atoms with Crippen LogP contribution in [-0.2, 0) is 0 Å². The van der Waals surface area contributed by atoms with Crippen molar-refractivity contribution in [1.29, 1.82) is 0 Å². The van der Waals surface area contributed by atoms with E-state index < -0.39 is 0 Å². The third-order valence-corrected chi connectivity index (χ3v) is 2.30. The van der Waals surface area contributed by atoms with E-state index in [9.17, 15) is 4.79 Å². The van der Waals surface area contributed by atoms with Crippen molar-refractivity contribution in [1.82, 2.24) is 5.01 Å². The van der Waals surface area contributed by atoms with Crippen LogP contribution in [0.5, 0.6) is 0 Å². The number of carbonyl (C=O) groups excluding carboxylic acids is 1. The average Bonchev–Trinajstić information content (AvgIpc) is 2.26. The lowest BCUT2D eigenvalue weighted by Gasteiger charge is -2.28. The number of para-hydroxylation sites is 1. The number of nitrogens with one attached hydrogen (secondary N) is 1. The highest BCUT2D eigenvalue weighted by Gasteiger charge is 2.24. The molecule has 4 heteroatoms. The van der Waals surface area contributed by atoms with Crippen molar-refractivity contribution in [3.63, 3.8) is 0 Å². The minimum atomic E-state index is -0.177. The number of nitrogens with two attached hydrogens (primary N) is 1. The summed E-state index contributed by atoms with van der Waals surface area (Å²) in [5.74, 6) is 6.14. The fourth-order valence-corrected chi connectivity index (χ4v) is 1.56. The predicted molar refractivity (Wildman–Crippen MR) is 58.8 cm³/mol. The van der Waals surface area contributed by atoms with E-state index in [-0.39, 0.29) is 5.91 Å². The Kier molecular flexibility index (Phi) is 2.43. The lowest BCUT2D eigenvalue weighted by atomic mass is 10.1. The Morgan fingerprint density at radius 1 is 1.47 bits per heavy atom. The summed E-state index contributed by atoms with van der Waals surface area (Å²) in [6.07, 6.45) is 2.71. The Labute approximate surface area is 88.3 Å². The summed E-state index contributed by atoms with van der Waals surface area (Å²) >= 11 is 0. The molecule has 1 amide bonds. The highest BCUT2D eigenvalue weighted by atomic mass is 16.2. The van der Waals surface area contributed by atoms with Gasteiger partial charge in [0.1, 0.15) is 5.82 Å². The molecule has 1 aromatic carbocycles. The first-order valence-electron chi connectivity index (χ1n) is 4.89. The molecule has 0 saturated carbocycles. The van der Waals surface area contributed by atoms with E-state index in [1.807, 2.05) is 31.2 Å². The minimum Gasteiger partial charge on any atom is -0.340 e. The lowest BCUT2D eigenvalue weighted by molar-refractivity contribution is 0.0801. The third kappa shape index (κ3) is 1.59. The van der Waals surface area contributed by atoms with Crippen LogP contribution in [-0.4, -0.2) is 10.9 Å². The summed E-state index contributed by atoms with van der Waals surface area (Å²) in [7, 11) is 0. The fraction of sp³-hybridized carbons (Fsp3) is 0.182. The Morgan fingerprint density at radius 3 is 2.93 bits per heavy atom. The minimum absolute atomic E-state index is 0.177. The van der Waals surface area contributed by atoms with Crippen LogP contribution in [0.15, 0.2) is 36.2 Å². The molecule has 15 heavy (non-hydrogen) atoms. The maximum Gasteiger partial charge on any atom is 0.275 e. The van der Waals surface area contributed by atoms with Gasteiger partial charge in [-0.05, 0) is 24.6 Å². The number of nitrogens with zero attached hydrogens (tertiary/aromatic N) is 1. The molecule has 78 valence electrons. The summed E-state index contributed by atoms with van der Waals surface area (Å²) in [6.45, 7) is 1.99. The van der Waals surface area contributed by atoms with Crippen LogP contribution in [0.4, 0.5) is 5.69 Å². The zero-order valence-electron chi connectivity index (χ0n) is 8.53. The van der Waals surface area contributed by atoms with Crippen molar-refractivity contribution >= 4 is 11.6 Å². The molecule has 0 aliphatic carbocycles. The SMILES string of the molecule is CCC=C1Nc2ccccc2C(=O)N1N. The average molecular weight is 203 g/mol. The molecule has 0 unspecified atom stereocenters. The maximum absolute atomic E-state index is 11.8. The van der Waals surface area contributed by atoms with Crippen LogP contribution in [0.2, 0.25) is 0 Å². The van der Waals surface area contributed by atoms with Crippen molar-refractivity contribution in [3.05, 3.63) is 41.7 Å². The molecule has 0 bridgehead atoms. The number of hydrogen-bond acceptors (Lipinski definition) is 3. The molecule has 2 rings (SSSR count). The number of amides is 1. The number of benzene rings is 1. The molecule has 3 N–H and O–H groups in total. The summed E-state index contributed by atoms with van der Waals surface area (Å²) < 4.78 is 0. The van der Waals surface area contributed by atoms with Crippen LogP contribution < -0.4 is 11.2 Å². The number of carbonyl (C=O) groups is 1. The Morgan fingerprint density at radius 2 is 2.20 bits per heavy atom. The van der Waals surface area contributed by atoms with E-state index in [1.165, 1.54) is 0 Å². The van der Waals surface area contributed by atoms with Crippen molar-refractivity contribution in [2.75, 3.05) is 5.32 Å². The van der Waals surface area contributed by atoms with E-state index >= 15 is 0 Å². The second-order valence-corrected chi connectivity index (χ2v) is 3.34. The van der Waals surface area contributed by atoms with Gasteiger partial charge in [0.15, 0.2) is 0 Å². The topological polar surface area (TPSA) is 58.4 Å². The van der Waals surface area contributed by atoms with Crippen molar-refractivity contribution in [2.45, 2.75) is 13.3 Å². The van der Waals surface area contributed by atoms with E-state index in [0.717, 1.165) is 17.1 Å². The molecule has 1 aromatic rings. The van der Waals surface area contributed by atoms with E-state index in [1.54, 1.807) is 6.07 Å². The number of hydrogen-bond donors (Lipinski definition) is 2. The molecule has 0 atom stereocenters. The van der Waals surface area contributed by atoms with Gasteiger partial charge >= 0.3 is 0 Å². The monoisotopic (exact) mass is 203 g/mol. The second-order valence-electron chi connectivity index (χ2n) is 3.34. The highest BCUT2D eigenvalue weighted by molar-refractivity contribution is 6.02. The van der Waals surface area contributed by atoms with Gasteiger partial charge in [-0.25, -0.2) is 10.9 Å². The maximum atomic E-state index is 11.8.